The number of aryl methyl sites for hydroxylation is 3. The average molecular weight is 309 g/mol. The quantitative estimate of drug-likeness (QED) is 0.619. The molecule has 0 saturated heterocycles. The lowest BCUT2D eigenvalue weighted by Gasteiger charge is -2.07. The third-order valence-electron chi connectivity index (χ3n) is 3.73. The van der Waals surface area contributed by atoms with Gasteiger partial charge in [0.15, 0.2) is 5.70 Å². The SMILES string of the molecule is Cc1cc(C)c(/C=C2\N=C(c3ccc(F)cc3)OC2=O)c(C)c1. The zero-order valence-electron chi connectivity index (χ0n) is 13.2. The summed E-state index contributed by atoms with van der Waals surface area (Å²) in [5.41, 5.74) is 5.11. The predicted molar refractivity (Wildman–Crippen MR) is 87.7 cm³/mol. The minimum Gasteiger partial charge on any atom is -0.402 e. The van der Waals surface area contributed by atoms with Gasteiger partial charge in [-0.15, -0.1) is 0 Å². The third kappa shape index (κ3) is 3.06. The maximum atomic E-state index is 13.0. The number of benzene rings is 2. The van der Waals surface area contributed by atoms with Crippen LogP contribution in [-0.4, -0.2) is 11.9 Å². The molecule has 0 aliphatic carbocycles. The third-order valence-corrected chi connectivity index (χ3v) is 3.73. The maximum absolute atomic E-state index is 13.0. The molecule has 0 N–H and O–H groups in total. The van der Waals surface area contributed by atoms with Gasteiger partial charge >= 0.3 is 5.97 Å². The van der Waals surface area contributed by atoms with Gasteiger partial charge in [0.25, 0.3) is 0 Å². The molecule has 0 amide bonds. The van der Waals surface area contributed by atoms with Crippen molar-refractivity contribution in [1.29, 1.82) is 0 Å². The highest BCUT2D eigenvalue weighted by atomic mass is 19.1. The number of esters is 1. The zero-order valence-corrected chi connectivity index (χ0v) is 13.2. The molecule has 0 atom stereocenters. The minimum absolute atomic E-state index is 0.198. The lowest BCUT2D eigenvalue weighted by Crippen LogP contribution is -2.05. The Kier molecular flexibility index (Phi) is 3.82. The molecule has 0 spiro atoms. The van der Waals surface area contributed by atoms with E-state index in [-0.39, 0.29) is 17.4 Å². The molecule has 0 radical (unpaired) electrons. The summed E-state index contributed by atoms with van der Waals surface area (Å²) in [6, 6.07) is 9.80. The Bertz CT molecular complexity index is 825. The molecule has 3 nitrogen and oxygen atoms in total. The van der Waals surface area contributed by atoms with Gasteiger partial charge in [0, 0.05) is 5.56 Å². The molecule has 3 rings (SSSR count). The summed E-state index contributed by atoms with van der Waals surface area (Å²) in [6.45, 7) is 6.03. The molecule has 2 aromatic carbocycles. The topological polar surface area (TPSA) is 38.7 Å². The Balaban J connectivity index is 2.00. The lowest BCUT2D eigenvalue weighted by atomic mass is 9.99. The number of rotatable bonds is 2. The van der Waals surface area contributed by atoms with Gasteiger partial charge in [-0.05, 0) is 67.8 Å². The summed E-state index contributed by atoms with van der Waals surface area (Å²) >= 11 is 0. The molecule has 2 aromatic rings. The summed E-state index contributed by atoms with van der Waals surface area (Å²) in [4.78, 5) is 16.3. The average Bonchev–Trinajstić information content (AvgIpc) is 2.84. The molecule has 0 bridgehead atoms. The summed E-state index contributed by atoms with van der Waals surface area (Å²) in [5.74, 6) is -0.646. The molecule has 1 aliphatic heterocycles. The molecular formula is C19H16FNO2. The van der Waals surface area contributed by atoms with Crippen LogP contribution in [0, 0.1) is 26.6 Å². The first-order valence-corrected chi connectivity index (χ1v) is 7.30. The van der Waals surface area contributed by atoms with Gasteiger partial charge in [0.05, 0.1) is 0 Å². The van der Waals surface area contributed by atoms with Crippen LogP contribution in [0.3, 0.4) is 0 Å². The van der Waals surface area contributed by atoms with Crippen LogP contribution < -0.4 is 0 Å². The fourth-order valence-corrected chi connectivity index (χ4v) is 2.68. The number of cyclic esters (lactones) is 1. The fourth-order valence-electron chi connectivity index (χ4n) is 2.68. The first-order valence-electron chi connectivity index (χ1n) is 7.30. The van der Waals surface area contributed by atoms with Crippen LogP contribution in [0.5, 0.6) is 0 Å². The number of carbonyl (C=O) groups is 1. The van der Waals surface area contributed by atoms with E-state index in [2.05, 4.69) is 17.1 Å². The molecule has 23 heavy (non-hydrogen) atoms. The Labute approximate surface area is 134 Å². The Morgan fingerprint density at radius 3 is 2.26 bits per heavy atom. The number of aliphatic imine (C=N–C) groups is 1. The van der Waals surface area contributed by atoms with Crippen molar-refractivity contribution in [3.63, 3.8) is 0 Å². The monoisotopic (exact) mass is 309 g/mol. The van der Waals surface area contributed by atoms with E-state index in [1.165, 1.54) is 29.8 Å². The Hall–Kier alpha value is -2.75. The highest BCUT2D eigenvalue weighted by Gasteiger charge is 2.24. The standard InChI is InChI=1S/C19H16FNO2/c1-11-8-12(2)16(13(3)9-11)10-17-19(22)23-18(21-17)14-4-6-15(20)7-5-14/h4-10H,1-3H3/b17-10-. The Morgan fingerprint density at radius 2 is 1.65 bits per heavy atom. The van der Waals surface area contributed by atoms with Gasteiger partial charge in [0.1, 0.15) is 5.82 Å². The van der Waals surface area contributed by atoms with E-state index in [0.29, 0.717) is 5.56 Å². The van der Waals surface area contributed by atoms with Crippen molar-refractivity contribution < 1.29 is 13.9 Å². The van der Waals surface area contributed by atoms with E-state index in [1.54, 1.807) is 6.08 Å². The van der Waals surface area contributed by atoms with Crippen molar-refractivity contribution in [1.82, 2.24) is 0 Å². The van der Waals surface area contributed by atoms with E-state index < -0.39 is 5.97 Å². The molecule has 0 unspecified atom stereocenters. The second-order valence-corrected chi connectivity index (χ2v) is 5.66. The molecule has 0 fully saturated rings. The predicted octanol–water partition coefficient (Wildman–Crippen LogP) is 4.10. The van der Waals surface area contributed by atoms with Crippen molar-refractivity contribution in [3.8, 4) is 0 Å². The van der Waals surface area contributed by atoms with Crippen LogP contribution in [0.4, 0.5) is 4.39 Å². The number of ether oxygens (including phenoxy) is 1. The van der Waals surface area contributed by atoms with Crippen LogP contribution in [0.1, 0.15) is 27.8 Å². The number of hydrogen-bond donors (Lipinski definition) is 0. The first-order chi connectivity index (χ1) is 10.9. The van der Waals surface area contributed by atoms with E-state index in [9.17, 15) is 9.18 Å². The van der Waals surface area contributed by atoms with Gasteiger partial charge in [-0.2, -0.15) is 0 Å². The van der Waals surface area contributed by atoms with Gasteiger partial charge in [0.2, 0.25) is 5.90 Å². The minimum atomic E-state index is -0.497. The zero-order chi connectivity index (χ0) is 16.6. The molecular weight excluding hydrogens is 293 g/mol. The Morgan fingerprint density at radius 1 is 1.04 bits per heavy atom. The number of nitrogens with zero attached hydrogens (tertiary/aromatic N) is 1. The fraction of sp³-hybridized carbons (Fsp3) is 0.158. The highest BCUT2D eigenvalue weighted by Crippen LogP contribution is 2.23. The van der Waals surface area contributed by atoms with Gasteiger partial charge in [-0.3, -0.25) is 0 Å². The van der Waals surface area contributed by atoms with Crippen molar-refractivity contribution in [2.75, 3.05) is 0 Å². The maximum Gasteiger partial charge on any atom is 0.363 e. The smallest absolute Gasteiger partial charge is 0.363 e. The van der Waals surface area contributed by atoms with Crippen molar-refractivity contribution >= 4 is 17.9 Å². The molecule has 116 valence electrons. The molecule has 1 heterocycles. The van der Waals surface area contributed by atoms with Crippen LogP contribution >= 0.6 is 0 Å². The van der Waals surface area contributed by atoms with Gasteiger partial charge in [-0.25, -0.2) is 14.2 Å². The van der Waals surface area contributed by atoms with Crippen LogP contribution in [0.15, 0.2) is 47.1 Å². The van der Waals surface area contributed by atoms with Crippen LogP contribution in [0.25, 0.3) is 6.08 Å². The summed E-state index contributed by atoms with van der Waals surface area (Å²) in [6.07, 6.45) is 1.74. The van der Waals surface area contributed by atoms with E-state index in [0.717, 1.165) is 16.7 Å². The van der Waals surface area contributed by atoms with Gasteiger partial charge in [-0.1, -0.05) is 17.7 Å². The van der Waals surface area contributed by atoms with Crippen molar-refractivity contribution in [2.24, 2.45) is 4.99 Å². The van der Waals surface area contributed by atoms with Gasteiger partial charge < -0.3 is 4.74 Å². The second kappa shape index (κ2) is 5.80. The first kappa shape index (κ1) is 15.2. The van der Waals surface area contributed by atoms with Crippen molar-refractivity contribution in [2.45, 2.75) is 20.8 Å². The highest BCUT2D eigenvalue weighted by molar-refractivity contribution is 6.12. The molecule has 4 heteroatoms. The van der Waals surface area contributed by atoms with E-state index in [4.69, 9.17) is 4.74 Å². The number of carbonyl (C=O) groups excluding carboxylic acids is 1. The summed E-state index contributed by atoms with van der Waals surface area (Å²) in [5, 5.41) is 0. The molecule has 0 saturated carbocycles. The largest absolute Gasteiger partial charge is 0.402 e. The van der Waals surface area contributed by atoms with Crippen LogP contribution in [0.2, 0.25) is 0 Å². The summed E-state index contributed by atoms with van der Waals surface area (Å²) < 4.78 is 18.2. The number of hydrogen-bond acceptors (Lipinski definition) is 3. The van der Waals surface area contributed by atoms with Crippen molar-refractivity contribution in [3.05, 3.63) is 75.7 Å². The summed E-state index contributed by atoms with van der Waals surface area (Å²) in [7, 11) is 0. The lowest BCUT2D eigenvalue weighted by molar-refractivity contribution is -0.129. The number of halogens is 1. The van der Waals surface area contributed by atoms with Crippen LogP contribution in [-0.2, 0) is 9.53 Å². The second-order valence-electron chi connectivity index (χ2n) is 5.66. The normalized spacial score (nSPS) is 15.7. The molecule has 0 aromatic heterocycles. The molecule has 1 aliphatic rings. The van der Waals surface area contributed by atoms with E-state index >= 15 is 0 Å². The van der Waals surface area contributed by atoms with E-state index in [1.807, 2.05) is 20.8 Å².